The third kappa shape index (κ3) is 2.86. The van der Waals surface area contributed by atoms with Gasteiger partial charge in [0.1, 0.15) is 0 Å². The first-order valence-electron chi connectivity index (χ1n) is 6.29. The summed E-state index contributed by atoms with van der Waals surface area (Å²) >= 11 is 0. The van der Waals surface area contributed by atoms with Gasteiger partial charge in [-0.1, -0.05) is 18.6 Å². The zero-order valence-electron chi connectivity index (χ0n) is 10.5. The largest absolute Gasteiger partial charge is 0.324 e. The third-order valence-electron chi connectivity index (χ3n) is 3.49. The molecule has 0 aromatic heterocycles. The van der Waals surface area contributed by atoms with Gasteiger partial charge in [0.25, 0.3) is 0 Å². The van der Waals surface area contributed by atoms with Crippen molar-refractivity contribution in [3.05, 3.63) is 29.3 Å². The number of nitrogens with one attached hydrogen (secondary N) is 2. The summed E-state index contributed by atoms with van der Waals surface area (Å²) in [6, 6.07) is 5.97. The number of aryl methyl sites for hydroxylation is 1. The van der Waals surface area contributed by atoms with Crippen molar-refractivity contribution in [2.24, 2.45) is 0 Å². The summed E-state index contributed by atoms with van der Waals surface area (Å²) in [5, 5.41) is 6.28. The minimum Gasteiger partial charge on any atom is -0.324 e. The molecule has 3 nitrogen and oxygen atoms in total. The lowest BCUT2D eigenvalue weighted by Crippen LogP contribution is -2.43. The second-order valence-electron chi connectivity index (χ2n) is 4.74. The van der Waals surface area contributed by atoms with E-state index < -0.39 is 0 Å². The predicted molar refractivity (Wildman–Crippen MR) is 70.2 cm³/mol. The summed E-state index contributed by atoms with van der Waals surface area (Å²) < 4.78 is 0. The monoisotopic (exact) mass is 232 g/mol. The summed E-state index contributed by atoms with van der Waals surface area (Å²) in [6.45, 7) is 5.05. The first-order chi connectivity index (χ1) is 8.18. The van der Waals surface area contributed by atoms with Gasteiger partial charge in [-0.3, -0.25) is 4.79 Å². The van der Waals surface area contributed by atoms with E-state index in [0.717, 1.165) is 30.6 Å². The highest BCUT2D eigenvalue weighted by atomic mass is 16.2. The van der Waals surface area contributed by atoms with Crippen molar-refractivity contribution in [2.75, 3.05) is 11.9 Å². The molecule has 2 rings (SSSR count). The van der Waals surface area contributed by atoms with E-state index in [1.807, 2.05) is 19.1 Å². The van der Waals surface area contributed by atoms with Gasteiger partial charge >= 0.3 is 0 Å². The van der Waals surface area contributed by atoms with Crippen LogP contribution in [0, 0.1) is 13.8 Å². The molecule has 0 radical (unpaired) electrons. The van der Waals surface area contributed by atoms with Crippen LogP contribution >= 0.6 is 0 Å². The van der Waals surface area contributed by atoms with Gasteiger partial charge in [-0.25, -0.2) is 0 Å². The molecule has 0 aliphatic carbocycles. The van der Waals surface area contributed by atoms with Crippen LogP contribution in [-0.2, 0) is 4.79 Å². The van der Waals surface area contributed by atoms with Gasteiger partial charge in [0.05, 0.1) is 6.04 Å². The van der Waals surface area contributed by atoms with Gasteiger partial charge < -0.3 is 10.6 Å². The Morgan fingerprint density at radius 1 is 1.35 bits per heavy atom. The highest BCUT2D eigenvalue weighted by Crippen LogP contribution is 2.19. The summed E-state index contributed by atoms with van der Waals surface area (Å²) in [6.07, 6.45) is 3.25. The molecule has 0 saturated carbocycles. The molecule has 1 saturated heterocycles. The Hall–Kier alpha value is -1.35. The minimum atomic E-state index is -0.0244. The van der Waals surface area contributed by atoms with Crippen LogP contribution in [0.2, 0.25) is 0 Å². The van der Waals surface area contributed by atoms with E-state index >= 15 is 0 Å². The number of amides is 1. The molecule has 1 aliphatic heterocycles. The molecular weight excluding hydrogens is 212 g/mol. The Labute approximate surface area is 103 Å². The van der Waals surface area contributed by atoms with Crippen molar-refractivity contribution in [2.45, 2.75) is 39.2 Å². The standard InChI is InChI=1S/C14H20N2O/c1-10-6-5-8-12(11(10)2)16-14(17)13-7-3-4-9-15-13/h5-6,8,13,15H,3-4,7,9H2,1-2H3,(H,16,17)/t13-/m0/s1. The molecule has 1 heterocycles. The zero-order chi connectivity index (χ0) is 12.3. The molecule has 1 aromatic rings. The van der Waals surface area contributed by atoms with Gasteiger partial charge in [-0.2, -0.15) is 0 Å². The highest BCUT2D eigenvalue weighted by molar-refractivity contribution is 5.95. The van der Waals surface area contributed by atoms with Crippen molar-refractivity contribution in [3.8, 4) is 0 Å². The molecule has 3 heteroatoms. The lowest BCUT2D eigenvalue weighted by Gasteiger charge is -2.23. The van der Waals surface area contributed by atoms with Crippen LogP contribution in [0.25, 0.3) is 0 Å². The van der Waals surface area contributed by atoms with E-state index in [0.29, 0.717) is 0 Å². The molecule has 0 bridgehead atoms. The number of hydrogen-bond acceptors (Lipinski definition) is 2. The maximum atomic E-state index is 12.1. The van der Waals surface area contributed by atoms with E-state index in [1.165, 1.54) is 12.0 Å². The Balaban J connectivity index is 2.04. The van der Waals surface area contributed by atoms with Crippen molar-refractivity contribution in [1.82, 2.24) is 5.32 Å². The maximum absolute atomic E-state index is 12.1. The van der Waals surface area contributed by atoms with Crippen LogP contribution in [0.5, 0.6) is 0 Å². The maximum Gasteiger partial charge on any atom is 0.241 e. The molecule has 1 aliphatic rings. The Morgan fingerprint density at radius 3 is 2.88 bits per heavy atom. The summed E-state index contributed by atoms with van der Waals surface area (Å²) in [4.78, 5) is 12.1. The van der Waals surface area contributed by atoms with E-state index in [2.05, 4.69) is 23.6 Å². The first kappa shape index (κ1) is 12.1. The average Bonchev–Trinajstić information content (AvgIpc) is 2.36. The Morgan fingerprint density at radius 2 is 2.18 bits per heavy atom. The molecule has 1 fully saturated rings. The molecule has 1 atom stereocenters. The summed E-state index contributed by atoms with van der Waals surface area (Å²) in [7, 11) is 0. The van der Waals surface area contributed by atoms with Crippen LogP contribution < -0.4 is 10.6 Å². The summed E-state index contributed by atoms with van der Waals surface area (Å²) in [5.41, 5.74) is 3.29. The number of rotatable bonds is 2. The van der Waals surface area contributed by atoms with Crippen molar-refractivity contribution >= 4 is 11.6 Å². The van der Waals surface area contributed by atoms with Crippen LogP contribution in [0.1, 0.15) is 30.4 Å². The fourth-order valence-electron chi connectivity index (χ4n) is 2.18. The van der Waals surface area contributed by atoms with Crippen LogP contribution in [-0.4, -0.2) is 18.5 Å². The topological polar surface area (TPSA) is 41.1 Å². The predicted octanol–water partition coefficient (Wildman–Crippen LogP) is 2.38. The van der Waals surface area contributed by atoms with Crippen molar-refractivity contribution in [3.63, 3.8) is 0 Å². The number of hydrogen-bond donors (Lipinski definition) is 2. The van der Waals surface area contributed by atoms with Crippen LogP contribution in [0.4, 0.5) is 5.69 Å². The first-order valence-corrected chi connectivity index (χ1v) is 6.29. The second kappa shape index (κ2) is 5.32. The average molecular weight is 232 g/mol. The number of carbonyl (C=O) groups is 1. The molecule has 2 N–H and O–H groups in total. The van der Waals surface area contributed by atoms with Gasteiger partial charge in [0.15, 0.2) is 0 Å². The van der Waals surface area contributed by atoms with Crippen LogP contribution in [0.15, 0.2) is 18.2 Å². The van der Waals surface area contributed by atoms with Crippen molar-refractivity contribution < 1.29 is 4.79 Å². The van der Waals surface area contributed by atoms with E-state index in [9.17, 15) is 4.79 Å². The molecule has 0 unspecified atom stereocenters. The molecule has 1 aromatic carbocycles. The summed E-state index contributed by atoms with van der Waals surface area (Å²) in [5.74, 6) is 0.0957. The molecule has 0 spiro atoms. The zero-order valence-corrected chi connectivity index (χ0v) is 10.5. The SMILES string of the molecule is Cc1cccc(NC(=O)[C@@H]2CCCCN2)c1C. The van der Waals surface area contributed by atoms with Gasteiger partial charge in [0, 0.05) is 5.69 Å². The van der Waals surface area contributed by atoms with E-state index in [-0.39, 0.29) is 11.9 Å². The number of benzene rings is 1. The lowest BCUT2D eigenvalue weighted by molar-refractivity contribution is -0.118. The van der Waals surface area contributed by atoms with Crippen molar-refractivity contribution in [1.29, 1.82) is 0 Å². The van der Waals surface area contributed by atoms with Crippen LogP contribution in [0.3, 0.4) is 0 Å². The normalized spacial score (nSPS) is 20.0. The minimum absolute atomic E-state index is 0.0244. The third-order valence-corrected chi connectivity index (χ3v) is 3.49. The smallest absolute Gasteiger partial charge is 0.241 e. The fourth-order valence-corrected chi connectivity index (χ4v) is 2.18. The number of piperidine rings is 1. The lowest BCUT2D eigenvalue weighted by atomic mass is 10.0. The number of anilines is 1. The second-order valence-corrected chi connectivity index (χ2v) is 4.74. The molecule has 92 valence electrons. The number of carbonyl (C=O) groups excluding carboxylic acids is 1. The fraction of sp³-hybridized carbons (Fsp3) is 0.500. The quantitative estimate of drug-likeness (QED) is 0.822. The Bertz CT molecular complexity index is 409. The Kier molecular flexibility index (Phi) is 3.79. The highest BCUT2D eigenvalue weighted by Gasteiger charge is 2.20. The van der Waals surface area contributed by atoms with Gasteiger partial charge in [-0.05, 0) is 50.4 Å². The van der Waals surface area contributed by atoms with Gasteiger partial charge in [0.2, 0.25) is 5.91 Å². The van der Waals surface area contributed by atoms with E-state index in [1.54, 1.807) is 0 Å². The molecule has 17 heavy (non-hydrogen) atoms. The van der Waals surface area contributed by atoms with E-state index in [4.69, 9.17) is 0 Å². The molecule has 1 amide bonds. The molecular formula is C14H20N2O. The van der Waals surface area contributed by atoms with Gasteiger partial charge in [-0.15, -0.1) is 0 Å².